The van der Waals surface area contributed by atoms with Crippen molar-refractivity contribution in [3.8, 4) is 0 Å². The third-order valence-corrected chi connectivity index (χ3v) is 2.52. The highest BCUT2D eigenvalue weighted by atomic mass is 16.2. The number of nitrogens with one attached hydrogen (secondary N) is 1. The summed E-state index contributed by atoms with van der Waals surface area (Å²) in [5.74, 6) is 0. The summed E-state index contributed by atoms with van der Waals surface area (Å²) >= 11 is 0. The SMILES string of the molecule is Cn1c(=O)c2c(=O)c(N)c[nH]c2n(C)c1=O. The van der Waals surface area contributed by atoms with Crippen LogP contribution in [0, 0.1) is 0 Å². The zero-order chi connectivity index (χ0) is 12.0. The Hall–Kier alpha value is -2.31. The van der Waals surface area contributed by atoms with E-state index in [0.717, 1.165) is 4.57 Å². The Labute approximate surface area is 88.7 Å². The number of fused-ring (bicyclic) bond motifs is 1. The summed E-state index contributed by atoms with van der Waals surface area (Å²) in [6.07, 6.45) is 1.27. The quantitative estimate of drug-likeness (QED) is 0.566. The number of pyridine rings is 1. The van der Waals surface area contributed by atoms with Crippen LogP contribution in [-0.4, -0.2) is 14.1 Å². The van der Waals surface area contributed by atoms with E-state index in [4.69, 9.17) is 5.73 Å². The summed E-state index contributed by atoms with van der Waals surface area (Å²) in [6.45, 7) is 0. The fourth-order valence-corrected chi connectivity index (χ4v) is 1.57. The Balaban J connectivity index is 3.30. The van der Waals surface area contributed by atoms with Crippen molar-refractivity contribution >= 4 is 16.7 Å². The molecule has 0 aliphatic carbocycles. The average molecular weight is 222 g/mol. The van der Waals surface area contributed by atoms with E-state index in [1.807, 2.05) is 0 Å². The van der Waals surface area contributed by atoms with Crippen molar-refractivity contribution in [2.24, 2.45) is 14.1 Å². The summed E-state index contributed by atoms with van der Waals surface area (Å²) in [4.78, 5) is 37.7. The van der Waals surface area contributed by atoms with E-state index in [1.54, 1.807) is 0 Å². The lowest BCUT2D eigenvalue weighted by Crippen LogP contribution is -2.39. The van der Waals surface area contributed by atoms with E-state index in [1.165, 1.54) is 24.9 Å². The molecule has 0 radical (unpaired) electrons. The second-order valence-corrected chi connectivity index (χ2v) is 3.50. The van der Waals surface area contributed by atoms with Gasteiger partial charge in [0.15, 0.2) is 0 Å². The molecule has 0 saturated carbocycles. The first kappa shape index (κ1) is 10.2. The number of nitrogen functional groups attached to an aromatic ring is 1. The fourth-order valence-electron chi connectivity index (χ4n) is 1.57. The number of H-pyrrole nitrogens is 1. The maximum absolute atomic E-state index is 11.7. The molecule has 0 saturated heterocycles. The molecule has 0 unspecified atom stereocenters. The van der Waals surface area contributed by atoms with Gasteiger partial charge in [0.05, 0.1) is 5.69 Å². The molecule has 0 bridgehead atoms. The number of aromatic amines is 1. The van der Waals surface area contributed by atoms with Gasteiger partial charge in [0.1, 0.15) is 11.0 Å². The molecule has 7 nitrogen and oxygen atoms in total. The van der Waals surface area contributed by atoms with Crippen molar-refractivity contribution in [2.75, 3.05) is 5.73 Å². The molecule has 0 atom stereocenters. The van der Waals surface area contributed by atoms with Crippen molar-refractivity contribution in [1.82, 2.24) is 14.1 Å². The van der Waals surface area contributed by atoms with Gasteiger partial charge < -0.3 is 10.7 Å². The molecule has 0 amide bonds. The first-order chi connectivity index (χ1) is 7.45. The van der Waals surface area contributed by atoms with E-state index in [-0.39, 0.29) is 16.7 Å². The number of aromatic nitrogens is 3. The number of anilines is 1. The Morgan fingerprint density at radius 1 is 1.19 bits per heavy atom. The molecule has 7 heteroatoms. The molecule has 0 aliphatic rings. The maximum Gasteiger partial charge on any atom is 0.332 e. The summed E-state index contributed by atoms with van der Waals surface area (Å²) in [5.41, 5.74) is 3.82. The van der Waals surface area contributed by atoms with Crippen LogP contribution in [-0.2, 0) is 14.1 Å². The van der Waals surface area contributed by atoms with Crippen LogP contribution in [0.2, 0.25) is 0 Å². The summed E-state index contributed by atoms with van der Waals surface area (Å²) < 4.78 is 2.06. The fraction of sp³-hybridized carbons (Fsp3) is 0.222. The van der Waals surface area contributed by atoms with Gasteiger partial charge in [-0.3, -0.25) is 18.7 Å². The minimum absolute atomic E-state index is 0.0525. The number of hydrogen-bond acceptors (Lipinski definition) is 4. The zero-order valence-corrected chi connectivity index (χ0v) is 8.77. The van der Waals surface area contributed by atoms with Gasteiger partial charge in [0.25, 0.3) is 5.56 Å². The van der Waals surface area contributed by atoms with Crippen LogP contribution in [0.25, 0.3) is 11.0 Å². The van der Waals surface area contributed by atoms with Gasteiger partial charge in [0, 0.05) is 20.3 Å². The maximum atomic E-state index is 11.7. The van der Waals surface area contributed by atoms with Crippen LogP contribution < -0.4 is 22.4 Å². The van der Waals surface area contributed by atoms with Crippen LogP contribution in [0.1, 0.15) is 0 Å². The number of nitrogens with zero attached hydrogens (tertiary/aromatic N) is 2. The smallest absolute Gasteiger partial charge is 0.332 e. The Kier molecular flexibility index (Phi) is 1.97. The highest BCUT2D eigenvalue weighted by Crippen LogP contribution is 2.00. The van der Waals surface area contributed by atoms with Crippen molar-refractivity contribution in [2.45, 2.75) is 0 Å². The van der Waals surface area contributed by atoms with Crippen LogP contribution in [0.3, 0.4) is 0 Å². The van der Waals surface area contributed by atoms with Gasteiger partial charge in [-0.2, -0.15) is 0 Å². The van der Waals surface area contributed by atoms with Crippen molar-refractivity contribution in [3.63, 3.8) is 0 Å². The Bertz CT molecular complexity index is 750. The van der Waals surface area contributed by atoms with Crippen LogP contribution in [0.4, 0.5) is 5.69 Å². The molecule has 3 N–H and O–H groups in total. The van der Waals surface area contributed by atoms with Gasteiger partial charge in [-0.05, 0) is 0 Å². The molecule has 2 heterocycles. The molecule has 84 valence electrons. The number of hydrogen-bond donors (Lipinski definition) is 2. The molecule has 0 aromatic carbocycles. The predicted molar refractivity (Wildman–Crippen MR) is 59.5 cm³/mol. The summed E-state index contributed by atoms with van der Waals surface area (Å²) in [7, 11) is 2.78. The average Bonchev–Trinajstić information content (AvgIpc) is 2.27. The highest BCUT2D eigenvalue weighted by molar-refractivity contribution is 5.76. The number of aryl methyl sites for hydroxylation is 1. The zero-order valence-electron chi connectivity index (χ0n) is 8.77. The van der Waals surface area contributed by atoms with Crippen molar-refractivity contribution in [3.05, 3.63) is 37.3 Å². The van der Waals surface area contributed by atoms with E-state index >= 15 is 0 Å². The molecule has 16 heavy (non-hydrogen) atoms. The second-order valence-electron chi connectivity index (χ2n) is 3.50. The molecule has 0 fully saturated rings. The number of nitrogens with two attached hydrogens (primary N) is 1. The lowest BCUT2D eigenvalue weighted by Gasteiger charge is -2.06. The molecule has 2 aromatic heterocycles. The van der Waals surface area contributed by atoms with Crippen LogP contribution >= 0.6 is 0 Å². The van der Waals surface area contributed by atoms with Gasteiger partial charge in [-0.1, -0.05) is 0 Å². The normalized spacial score (nSPS) is 10.9. The van der Waals surface area contributed by atoms with Gasteiger partial charge in [-0.25, -0.2) is 4.79 Å². The standard InChI is InChI=1S/C9H10N4O3/c1-12-7-5(6(14)4(10)3-11-7)8(15)13(2)9(12)16/h3H,10H2,1-2H3,(H,11,14). The van der Waals surface area contributed by atoms with E-state index in [0.29, 0.717) is 0 Å². The monoisotopic (exact) mass is 222 g/mol. The first-order valence-corrected chi connectivity index (χ1v) is 4.52. The molecule has 2 aromatic rings. The van der Waals surface area contributed by atoms with E-state index < -0.39 is 16.7 Å². The highest BCUT2D eigenvalue weighted by Gasteiger charge is 2.12. The Morgan fingerprint density at radius 3 is 2.44 bits per heavy atom. The lowest BCUT2D eigenvalue weighted by atomic mass is 10.3. The Morgan fingerprint density at radius 2 is 1.81 bits per heavy atom. The van der Waals surface area contributed by atoms with Crippen molar-refractivity contribution in [1.29, 1.82) is 0 Å². The summed E-state index contributed by atoms with van der Waals surface area (Å²) in [5, 5.41) is -0.107. The van der Waals surface area contributed by atoms with E-state index in [9.17, 15) is 14.4 Å². The van der Waals surface area contributed by atoms with Crippen LogP contribution in [0.15, 0.2) is 20.6 Å². The minimum Gasteiger partial charge on any atom is -0.394 e. The van der Waals surface area contributed by atoms with Crippen molar-refractivity contribution < 1.29 is 0 Å². The summed E-state index contributed by atoms with van der Waals surface area (Å²) in [6, 6.07) is 0. The largest absolute Gasteiger partial charge is 0.394 e. The van der Waals surface area contributed by atoms with Gasteiger partial charge in [0.2, 0.25) is 5.43 Å². The van der Waals surface area contributed by atoms with Gasteiger partial charge >= 0.3 is 5.69 Å². The second kappa shape index (κ2) is 3.09. The third-order valence-electron chi connectivity index (χ3n) is 2.52. The predicted octanol–water partition coefficient (Wildman–Crippen LogP) is -1.49. The van der Waals surface area contributed by atoms with Gasteiger partial charge in [-0.15, -0.1) is 0 Å². The number of rotatable bonds is 0. The minimum atomic E-state index is -0.647. The topological polar surface area (TPSA) is 103 Å². The molecule has 2 rings (SSSR count). The third kappa shape index (κ3) is 1.11. The lowest BCUT2D eigenvalue weighted by molar-refractivity contribution is 0.707. The van der Waals surface area contributed by atoms with Crippen LogP contribution in [0.5, 0.6) is 0 Å². The van der Waals surface area contributed by atoms with E-state index in [2.05, 4.69) is 4.98 Å². The molecule has 0 spiro atoms. The molecule has 0 aliphatic heterocycles. The molecular weight excluding hydrogens is 212 g/mol. The molecular formula is C9H10N4O3. The first-order valence-electron chi connectivity index (χ1n) is 4.52.